The van der Waals surface area contributed by atoms with Gasteiger partial charge >= 0.3 is 0 Å². The second-order valence-electron chi connectivity index (χ2n) is 9.20. The monoisotopic (exact) mass is 493 g/mol. The van der Waals surface area contributed by atoms with Crippen molar-refractivity contribution in [1.29, 1.82) is 0 Å². The van der Waals surface area contributed by atoms with Crippen molar-refractivity contribution >= 4 is 73.9 Å². The Balaban J connectivity index is 1.28. The van der Waals surface area contributed by atoms with Crippen LogP contribution in [0.4, 0.5) is 0 Å². The molecular weight excluding hydrogens is 475 g/mol. The number of rotatable bonds is 2. The molecule has 0 aliphatic rings. The molecule has 0 amide bonds. The van der Waals surface area contributed by atoms with E-state index in [1.54, 1.807) is 0 Å². The topological polar surface area (TPSA) is 12.9 Å². The lowest BCUT2D eigenvalue weighted by Crippen LogP contribution is -1.84. The highest BCUT2D eigenvalue weighted by atomic mass is 32.1. The van der Waals surface area contributed by atoms with Gasteiger partial charge in [-0.1, -0.05) is 84.9 Å². The molecule has 36 heavy (non-hydrogen) atoms. The van der Waals surface area contributed by atoms with E-state index in [0.29, 0.717) is 0 Å². The average Bonchev–Trinajstić information content (AvgIpc) is 3.51. The molecule has 3 heteroatoms. The van der Waals surface area contributed by atoms with Gasteiger partial charge in [0.25, 0.3) is 0 Å². The molecular formula is C33H19NS2. The van der Waals surface area contributed by atoms with Crippen LogP contribution in [0, 0.1) is 0 Å². The highest BCUT2D eigenvalue weighted by Gasteiger charge is 2.12. The molecule has 1 nitrogen and oxygen atoms in total. The average molecular weight is 494 g/mol. The Morgan fingerprint density at radius 3 is 2.08 bits per heavy atom. The zero-order chi connectivity index (χ0) is 23.6. The van der Waals surface area contributed by atoms with Crippen molar-refractivity contribution in [2.45, 2.75) is 0 Å². The fraction of sp³-hybridized carbons (Fsp3) is 0. The molecule has 0 N–H and O–H groups in total. The van der Waals surface area contributed by atoms with Crippen LogP contribution in [-0.4, -0.2) is 4.98 Å². The second-order valence-corrected chi connectivity index (χ2v) is 11.3. The van der Waals surface area contributed by atoms with Crippen molar-refractivity contribution in [1.82, 2.24) is 4.98 Å². The maximum atomic E-state index is 4.86. The molecule has 8 rings (SSSR count). The van der Waals surface area contributed by atoms with E-state index in [2.05, 4.69) is 109 Å². The van der Waals surface area contributed by atoms with E-state index < -0.39 is 0 Å². The molecule has 0 spiro atoms. The molecule has 3 heterocycles. The maximum Gasteiger partial charge on any atom is 0.0894 e. The summed E-state index contributed by atoms with van der Waals surface area (Å²) in [5, 5.41) is 6.37. The van der Waals surface area contributed by atoms with Gasteiger partial charge in [-0.3, -0.25) is 4.98 Å². The number of thiophene rings is 2. The highest BCUT2D eigenvalue weighted by molar-refractivity contribution is 7.27. The van der Waals surface area contributed by atoms with Gasteiger partial charge in [0.2, 0.25) is 0 Å². The molecule has 0 unspecified atom stereocenters. The van der Waals surface area contributed by atoms with Crippen LogP contribution in [0.5, 0.6) is 0 Å². The fourth-order valence-electron chi connectivity index (χ4n) is 5.37. The summed E-state index contributed by atoms with van der Waals surface area (Å²) in [5.74, 6) is 0. The van der Waals surface area contributed by atoms with Gasteiger partial charge in [0.15, 0.2) is 0 Å². The molecule has 0 aliphatic carbocycles. The third-order valence-corrected chi connectivity index (χ3v) is 9.52. The second kappa shape index (κ2) is 7.72. The zero-order valence-corrected chi connectivity index (χ0v) is 20.9. The number of nitrogens with zero attached hydrogens (tertiary/aromatic N) is 1. The summed E-state index contributed by atoms with van der Waals surface area (Å²) in [7, 11) is 0. The molecule has 0 bridgehead atoms. The summed E-state index contributed by atoms with van der Waals surface area (Å²) in [4.78, 5) is 4.86. The number of benzene rings is 5. The van der Waals surface area contributed by atoms with Crippen LogP contribution >= 0.6 is 22.7 Å². The van der Waals surface area contributed by atoms with Gasteiger partial charge in [0.05, 0.1) is 10.2 Å². The predicted molar refractivity (Wildman–Crippen MR) is 158 cm³/mol. The Bertz CT molecular complexity index is 2110. The molecule has 0 saturated heterocycles. The normalized spacial score (nSPS) is 11.9. The van der Waals surface area contributed by atoms with Crippen molar-refractivity contribution in [3.63, 3.8) is 0 Å². The Labute approximate surface area is 215 Å². The van der Waals surface area contributed by atoms with Gasteiger partial charge in [0.1, 0.15) is 0 Å². The van der Waals surface area contributed by atoms with Crippen LogP contribution in [0.1, 0.15) is 0 Å². The zero-order valence-electron chi connectivity index (χ0n) is 19.2. The molecule has 0 saturated carbocycles. The summed E-state index contributed by atoms with van der Waals surface area (Å²) >= 11 is 3.72. The highest BCUT2D eigenvalue weighted by Crippen LogP contribution is 2.41. The van der Waals surface area contributed by atoms with Gasteiger partial charge in [-0.2, -0.15) is 0 Å². The van der Waals surface area contributed by atoms with Crippen molar-refractivity contribution in [2.75, 3.05) is 0 Å². The van der Waals surface area contributed by atoms with Crippen LogP contribution in [0.25, 0.3) is 73.5 Å². The van der Waals surface area contributed by atoms with E-state index in [0.717, 1.165) is 5.52 Å². The van der Waals surface area contributed by atoms with Crippen LogP contribution < -0.4 is 0 Å². The summed E-state index contributed by atoms with van der Waals surface area (Å²) < 4.78 is 5.25. The van der Waals surface area contributed by atoms with Crippen LogP contribution in [0.3, 0.4) is 0 Å². The van der Waals surface area contributed by atoms with Crippen LogP contribution in [-0.2, 0) is 0 Å². The first-order valence-electron chi connectivity index (χ1n) is 12.0. The molecule has 3 aromatic heterocycles. The van der Waals surface area contributed by atoms with E-state index in [4.69, 9.17) is 4.98 Å². The lowest BCUT2D eigenvalue weighted by Gasteiger charge is -2.09. The quantitative estimate of drug-likeness (QED) is 0.233. The third kappa shape index (κ3) is 2.97. The van der Waals surface area contributed by atoms with Crippen molar-refractivity contribution in [3.8, 4) is 22.3 Å². The first kappa shape index (κ1) is 20.2. The molecule has 0 radical (unpaired) electrons. The van der Waals surface area contributed by atoms with Gasteiger partial charge in [-0.05, 0) is 46.5 Å². The Morgan fingerprint density at radius 1 is 0.472 bits per heavy atom. The number of hydrogen-bond acceptors (Lipinski definition) is 3. The van der Waals surface area contributed by atoms with E-state index >= 15 is 0 Å². The molecule has 8 aromatic rings. The van der Waals surface area contributed by atoms with Gasteiger partial charge in [0, 0.05) is 47.2 Å². The van der Waals surface area contributed by atoms with Gasteiger partial charge < -0.3 is 0 Å². The number of hydrogen-bond donors (Lipinski definition) is 0. The Morgan fingerprint density at radius 2 is 1.17 bits per heavy atom. The predicted octanol–water partition coefficient (Wildman–Crippen LogP) is 10.3. The third-order valence-electron chi connectivity index (χ3n) is 7.11. The molecule has 0 fully saturated rings. The minimum absolute atomic E-state index is 1.11. The van der Waals surface area contributed by atoms with E-state index in [9.17, 15) is 0 Å². The summed E-state index contributed by atoms with van der Waals surface area (Å²) in [5.41, 5.74) is 6.10. The minimum Gasteiger partial charge on any atom is -0.254 e. The van der Waals surface area contributed by atoms with Crippen LogP contribution in [0.2, 0.25) is 0 Å². The smallest absolute Gasteiger partial charge is 0.0894 e. The van der Waals surface area contributed by atoms with Crippen molar-refractivity contribution in [3.05, 3.63) is 115 Å². The maximum absolute atomic E-state index is 4.86. The summed E-state index contributed by atoms with van der Waals surface area (Å²) in [6.07, 6.45) is 2.03. The Kier molecular flexibility index (Phi) is 4.33. The van der Waals surface area contributed by atoms with E-state index in [1.807, 2.05) is 28.9 Å². The largest absolute Gasteiger partial charge is 0.254 e. The summed E-state index contributed by atoms with van der Waals surface area (Å²) in [6, 6.07) is 39.7. The molecule has 168 valence electrons. The van der Waals surface area contributed by atoms with E-state index in [-0.39, 0.29) is 0 Å². The lowest BCUT2D eigenvalue weighted by atomic mass is 9.97. The fourth-order valence-corrected chi connectivity index (χ4v) is 7.81. The number of pyridine rings is 1. The lowest BCUT2D eigenvalue weighted by molar-refractivity contribution is 1.47. The standard InChI is InChI=1S/C33H19NS2/c1-3-13-29-26(9-1)27-12-6-11-24(32(27)35-29)22-8-5-7-20(17-22)21-15-16-25-23(18-21)19-34-31-28-10-2-4-14-30(28)36-33(25)31/h1-19H. The molecule has 0 aliphatic heterocycles. The van der Waals surface area contributed by atoms with Gasteiger partial charge in [-0.25, -0.2) is 0 Å². The van der Waals surface area contributed by atoms with Crippen molar-refractivity contribution in [2.24, 2.45) is 0 Å². The first-order chi connectivity index (χ1) is 17.8. The first-order valence-corrected chi connectivity index (χ1v) is 13.7. The van der Waals surface area contributed by atoms with E-state index in [1.165, 1.54) is 68.0 Å². The van der Waals surface area contributed by atoms with Gasteiger partial charge in [-0.15, -0.1) is 22.7 Å². The molecule has 5 aromatic carbocycles. The Hall–Kier alpha value is -4.05. The van der Waals surface area contributed by atoms with Crippen molar-refractivity contribution < 1.29 is 0 Å². The molecule has 0 atom stereocenters. The number of aromatic nitrogens is 1. The minimum atomic E-state index is 1.11. The van der Waals surface area contributed by atoms with Crippen LogP contribution in [0.15, 0.2) is 115 Å². The summed E-state index contributed by atoms with van der Waals surface area (Å²) in [6.45, 7) is 0. The number of fused-ring (bicyclic) bond motifs is 8. The SMILES string of the molecule is c1cc(-c2ccc3c(cnc4c5ccccc5sc34)c2)cc(-c2cccc3c2sc2ccccc23)c1.